The zero-order chi connectivity index (χ0) is 13.1. The molecule has 0 fully saturated rings. The number of ether oxygens (including phenoxy) is 1. The Morgan fingerprint density at radius 1 is 1.50 bits per heavy atom. The third-order valence-electron chi connectivity index (χ3n) is 2.63. The largest absolute Gasteiger partial charge is 0.494 e. The molecule has 0 aliphatic rings. The highest BCUT2D eigenvalue weighted by molar-refractivity contribution is 6.36. The van der Waals surface area contributed by atoms with Gasteiger partial charge in [-0.25, -0.2) is 0 Å². The normalized spacial score (nSPS) is 10.1. The molecule has 0 spiro atoms. The van der Waals surface area contributed by atoms with E-state index in [4.69, 9.17) is 21.6 Å². The Hall–Kier alpha value is -1.99. The lowest BCUT2D eigenvalue weighted by molar-refractivity contribution is 0.419. The average molecular weight is 262 g/mol. The molecule has 18 heavy (non-hydrogen) atoms. The smallest absolute Gasteiger partial charge is 0.145 e. The van der Waals surface area contributed by atoms with Crippen LogP contribution < -0.4 is 10.1 Å². The minimum atomic E-state index is 0.472. The fourth-order valence-electron chi connectivity index (χ4n) is 1.85. The van der Waals surface area contributed by atoms with Gasteiger partial charge in [0.05, 0.1) is 23.4 Å². The molecular formula is C13H12ClN3O. The van der Waals surface area contributed by atoms with Crippen molar-refractivity contribution in [2.45, 2.75) is 6.92 Å². The van der Waals surface area contributed by atoms with Crippen LogP contribution in [0, 0.1) is 11.3 Å². The summed E-state index contributed by atoms with van der Waals surface area (Å²) in [7, 11) is 1.58. The van der Waals surface area contributed by atoms with Crippen molar-refractivity contribution < 1.29 is 4.74 Å². The zero-order valence-corrected chi connectivity index (χ0v) is 10.9. The van der Waals surface area contributed by atoms with Gasteiger partial charge in [-0.3, -0.25) is 4.98 Å². The molecule has 0 saturated carbocycles. The molecule has 92 valence electrons. The predicted octanol–water partition coefficient (Wildman–Crippen LogP) is 3.20. The van der Waals surface area contributed by atoms with E-state index in [0.29, 0.717) is 34.1 Å². The lowest BCUT2D eigenvalue weighted by atomic mass is 10.1. The van der Waals surface area contributed by atoms with E-state index in [9.17, 15) is 0 Å². The van der Waals surface area contributed by atoms with Crippen LogP contribution in [-0.4, -0.2) is 18.6 Å². The molecule has 0 saturated heterocycles. The molecule has 1 aromatic carbocycles. The number of benzene rings is 1. The number of anilines is 1. The van der Waals surface area contributed by atoms with Gasteiger partial charge in [0, 0.05) is 18.1 Å². The molecule has 1 aromatic heterocycles. The van der Waals surface area contributed by atoms with Gasteiger partial charge in [0.25, 0.3) is 0 Å². The summed E-state index contributed by atoms with van der Waals surface area (Å²) in [5.74, 6) is 0.637. The number of nitrogens with zero attached hydrogens (tertiary/aromatic N) is 2. The molecule has 4 nitrogen and oxygen atoms in total. The van der Waals surface area contributed by atoms with Gasteiger partial charge in [-0.15, -0.1) is 0 Å². The number of aromatic nitrogens is 1. The Morgan fingerprint density at radius 2 is 2.28 bits per heavy atom. The third kappa shape index (κ3) is 1.93. The summed E-state index contributed by atoms with van der Waals surface area (Å²) in [5.41, 5.74) is 1.83. The lowest BCUT2D eigenvalue weighted by Gasteiger charge is -2.12. The molecule has 0 atom stereocenters. The summed E-state index contributed by atoms with van der Waals surface area (Å²) >= 11 is 6.21. The monoisotopic (exact) mass is 261 g/mol. The molecule has 0 aliphatic carbocycles. The van der Waals surface area contributed by atoms with Gasteiger partial charge < -0.3 is 10.1 Å². The van der Waals surface area contributed by atoms with Crippen LogP contribution in [0.5, 0.6) is 5.75 Å². The maximum atomic E-state index is 9.12. The molecule has 5 heteroatoms. The van der Waals surface area contributed by atoms with Crippen molar-refractivity contribution in [3.05, 3.63) is 28.9 Å². The second-order valence-corrected chi connectivity index (χ2v) is 4.07. The number of nitriles is 1. The Bertz CT molecular complexity index is 634. The van der Waals surface area contributed by atoms with Crippen molar-refractivity contribution >= 4 is 28.2 Å². The lowest BCUT2D eigenvalue weighted by Crippen LogP contribution is -2.02. The first-order chi connectivity index (χ1) is 8.72. The van der Waals surface area contributed by atoms with E-state index in [1.165, 1.54) is 6.20 Å². The van der Waals surface area contributed by atoms with E-state index in [0.717, 1.165) is 5.39 Å². The first-order valence-corrected chi connectivity index (χ1v) is 5.89. The van der Waals surface area contributed by atoms with Gasteiger partial charge in [0.1, 0.15) is 17.3 Å². The van der Waals surface area contributed by atoms with Crippen molar-refractivity contribution in [3.8, 4) is 11.8 Å². The summed E-state index contributed by atoms with van der Waals surface area (Å²) in [6, 6.07) is 5.62. The van der Waals surface area contributed by atoms with Crippen LogP contribution in [0.2, 0.25) is 5.02 Å². The van der Waals surface area contributed by atoms with E-state index in [2.05, 4.69) is 16.4 Å². The highest BCUT2D eigenvalue weighted by Crippen LogP contribution is 2.36. The summed E-state index contributed by atoms with van der Waals surface area (Å²) in [6.07, 6.45) is 1.53. The number of halogens is 1. The maximum absolute atomic E-state index is 9.12. The standard InChI is InChI=1S/C13H12ClN3O/c1-3-16-12-8(6-15)7-17-13-10(18-2)5-4-9(14)11(12)13/h4-5,7H,3H2,1-2H3,(H,16,17). The molecule has 2 rings (SSSR count). The first kappa shape index (κ1) is 12.5. The number of pyridine rings is 1. The van der Waals surface area contributed by atoms with Crippen molar-refractivity contribution in [1.82, 2.24) is 4.98 Å². The number of hydrogen-bond acceptors (Lipinski definition) is 4. The molecule has 0 radical (unpaired) electrons. The van der Waals surface area contributed by atoms with E-state index in [-0.39, 0.29) is 0 Å². The van der Waals surface area contributed by atoms with E-state index in [1.807, 2.05) is 6.92 Å². The highest BCUT2D eigenvalue weighted by Gasteiger charge is 2.14. The molecule has 0 bridgehead atoms. The van der Waals surface area contributed by atoms with Crippen LogP contribution in [-0.2, 0) is 0 Å². The SMILES string of the molecule is CCNc1c(C#N)cnc2c(OC)ccc(Cl)c12. The Balaban J connectivity index is 2.87. The number of methoxy groups -OCH3 is 1. The zero-order valence-electron chi connectivity index (χ0n) is 10.1. The topological polar surface area (TPSA) is 57.9 Å². The number of nitrogens with one attached hydrogen (secondary N) is 1. The quantitative estimate of drug-likeness (QED) is 0.922. The van der Waals surface area contributed by atoms with Crippen LogP contribution in [0.4, 0.5) is 5.69 Å². The van der Waals surface area contributed by atoms with E-state index in [1.54, 1.807) is 19.2 Å². The average Bonchev–Trinajstić information content (AvgIpc) is 2.39. The molecule has 2 aromatic rings. The van der Waals surface area contributed by atoms with Gasteiger partial charge in [-0.05, 0) is 19.1 Å². The second kappa shape index (κ2) is 5.11. The fraction of sp³-hybridized carbons (Fsp3) is 0.231. The Morgan fingerprint density at radius 3 is 2.89 bits per heavy atom. The van der Waals surface area contributed by atoms with Crippen LogP contribution >= 0.6 is 11.6 Å². The number of rotatable bonds is 3. The van der Waals surface area contributed by atoms with E-state index < -0.39 is 0 Å². The summed E-state index contributed by atoms with van der Waals surface area (Å²) in [6.45, 7) is 2.66. The molecular weight excluding hydrogens is 250 g/mol. The number of hydrogen-bond donors (Lipinski definition) is 1. The molecule has 0 aliphatic heterocycles. The maximum Gasteiger partial charge on any atom is 0.145 e. The third-order valence-corrected chi connectivity index (χ3v) is 2.94. The molecule has 0 amide bonds. The van der Waals surface area contributed by atoms with Gasteiger partial charge >= 0.3 is 0 Å². The second-order valence-electron chi connectivity index (χ2n) is 3.66. The Kier molecular flexibility index (Phi) is 3.54. The van der Waals surface area contributed by atoms with Crippen molar-refractivity contribution in [2.75, 3.05) is 19.0 Å². The summed E-state index contributed by atoms with van der Waals surface area (Å²) in [5, 5.41) is 13.5. The molecule has 1 heterocycles. The molecule has 0 unspecified atom stereocenters. The van der Waals surface area contributed by atoms with Crippen molar-refractivity contribution in [1.29, 1.82) is 5.26 Å². The number of fused-ring (bicyclic) bond motifs is 1. The van der Waals surface area contributed by atoms with Crippen LogP contribution in [0.25, 0.3) is 10.9 Å². The van der Waals surface area contributed by atoms with Gasteiger partial charge in [-0.2, -0.15) is 5.26 Å². The van der Waals surface area contributed by atoms with Crippen molar-refractivity contribution in [3.63, 3.8) is 0 Å². The summed E-state index contributed by atoms with van der Waals surface area (Å²) in [4.78, 5) is 4.25. The first-order valence-electron chi connectivity index (χ1n) is 5.52. The minimum absolute atomic E-state index is 0.472. The minimum Gasteiger partial charge on any atom is -0.494 e. The molecule has 1 N–H and O–H groups in total. The van der Waals surface area contributed by atoms with Crippen LogP contribution in [0.3, 0.4) is 0 Å². The van der Waals surface area contributed by atoms with Crippen molar-refractivity contribution in [2.24, 2.45) is 0 Å². The van der Waals surface area contributed by atoms with Gasteiger partial charge in [-0.1, -0.05) is 11.6 Å². The van der Waals surface area contributed by atoms with E-state index >= 15 is 0 Å². The Labute approximate surface area is 110 Å². The summed E-state index contributed by atoms with van der Waals surface area (Å²) < 4.78 is 5.26. The highest BCUT2D eigenvalue weighted by atomic mass is 35.5. The van der Waals surface area contributed by atoms with Crippen LogP contribution in [0.1, 0.15) is 12.5 Å². The predicted molar refractivity (Wildman–Crippen MR) is 72.2 cm³/mol. The van der Waals surface area contributed by atoms with Gasteiger partial charge in [0.15, 0.2) is 0 Å². The fourth-order valence-corrected chi connectivity index (χ4v) is 2.10. The van der Waals surface area contributed by atoms with Gasteiger partial charge in [0.2, 0.25) is 0 Å². The van der Waals surface area contributed by atoms with Crippen LogP contribution in [0.15, 0.2) is 18.3 Å².